The molecule has 0 aliphatic carbocycles. The van der Waals surface area contributed by atoms with Crippen molar-refractivity contribution in [1.82, 2.24) is 10.1 Å². The molecular weight excluding hydrogens is 396 g/mol. The lowest BCUT2D eigenvalue weighted by atomic mass is 10.1. The Labute approximate surface area is 152 Å². The van der Waals surface area contributed by atoms with Gasteiger partial charge in [-0.1, -0.05) is 44.8 Å². The number of halogens is 2. The highest BCUT2D eigenvalue weighted by atomic mass is 79.9. The molecule has 1 aromatic heterocycles. The van der Waals surface area contributed by atoms with Gasteiger partial charge in [-0.25, -0.2) is 0 Å². The van der Waals surface area contributed by atoms with Gasteiger partial charge in [-0.3, -0.25) is 0 Å². The molecule has 7 heteroatoms. The van der Waals surface area contributed by atoms with Crippen LogP contribution in [-0.4, -0.2) is 22.4 Å². The molecule has 0 atom stereocenters. The molecule has 0 spiro atoms. The fourth-order valence-corrected chi connectivity index (χ4v) is 2.92. The SMILES string of the molecule is COCc1ccc(Br)cc1-c1noc(Cc2ccc(O)cc2Cl)n1. The smallest absolute Gasteiger partial charge is 0.231 e. The van der Waals surface area contributed by atoms with Gasteiger partial charge in [0.15, 0.2) is 0 Å². The first-order chi connectivity index (χ1) is 11.6. The van der Waals surface area contributed by atoms with Crippen LogP contribution in [0, 0.1) is 0 Å². The molecule has 24 heavy (non-hydrogen) atoms. The maximum atomic E-state index is 9.41. The first-order valence-corrected chi connectivity index (χ1v) is 8.31. The van der Waals surface area contributed by atoms with E-state index >= 15 is 0 Å². The Morgan fingerprint density at radius 1 is 1.21 bits per heavy atom. The summed E-state index contributed by atoms with van der Waals surface area (Å²) < 4.78 is 11.5. The Balaban J connectivity index is 1.89. The highest BCUT2D eigenvalue weighted by Crippen LogP contribution is 2.27. The van der Waals surface area contributed by atoms with Crippen LogP contribution >= 0.6 is 27.5 Å². The van der Waals surface area contributed by atoms with Crippen LogP contribution in [0.3, 0.4) is 0 Å². The van der Waals surface area contributed by atoms with Gasteiger partial charge >= 0.3 is 0 Å². The van der Waals surface area contributed by atoms with Crippen LogP contribution < -0.4 is 0 Å². The van der Waals surface area contributed by atoms with Crippen LogP contribution in [0.5, 0.6) is 5.75 Å². The summed E-state index contributed by atoms with van der Waals surface area (Å²) in [6.45, 7) is 0.455. The Bertz CT molecular complexity index is 867. The molecule has 124 valence electrons. The van der Waals surface area contributed by atoms with Crippen LogP contribution in [-0.2, 0) is 17.8 Å². The summed E-state index contributed by atoms with van der Waals surface area (Å²) >= 11 is 9.57. The zero-order valence-corrected chi connectivity index (χ0v) is 15.1. The Kier molecular flexibility index (Phi) is 5.18. The lowest BCUT2D eigenvalue weighted by Crippen LogP contribution is -1.94. The van der Waals surface area contributed by atoms with E-state index in [0.717, 1.165) is 21.2 Å². The van der Waals surface area contributed by atoms with E-state index < -0.39 is 0 Å². The van der Waals surface area contributed by atoms with Gasteiger partial charge in [0.1, 0.15) is 5.75 Å². The van der Waals surface area contributed by atoms with Crippen molar-refractivity contribution in [3.63, 3.8) is 0 Å². The standard InChI is InChI=1S/C17H14BrClN2O3/c1-23-9-11-2-4-12(18)7-14(11)17-20-16(24-21-17)6-10-3-5-13(22)8-15(10)19/h2-5,7-8,22H,6,9H2,1H3. The zero-order valence-electron chi connectivity index (χ0n) is 12.8. The highest BCUT2D eigenvalue weighted by Gasteiger charge is 2.14. The third-order valence-corrected chi connectivity index (χ3v) is 4.30. The fraction of sp³-hybridized carbons (Fsp3) is 0.176. The topological polar surface area (TPSA) is 68.4 Å². The molecule has 0 saturated heterocycles. The number of phenols is 1. The predicted octanol–water partition coefficient (Wildman–Crippen LogP) is 4.60. The molecule has 5 nitrogen and oxygen atoms in total. The number of ether oxygens (including phenoxy) is 1. The van der Waals surface area contributed by atoms with Gasteiger partial charge < -0.3 is 14.4 Å². The van der Waals surface area contributed by atoms with Crippen LogP contribution in [0.2, 0.25) is 5.02 Å². The van der Waals surface area contributed by atoms with Gasteiger partial charge in [-0.2, -0.15) is 4.98 Å². The number of benzene rings is 2. The average Bonchev–Trinajstić information content (AvgIpc) is 3.00. The molecule has 2 aromatic carbocycles. The number of aromatic hydroxyl groups is 1. The second-order valence-corrected chi connectivity index (χ2v) is 6.52. The van der Waals surface area contributed by atoms with E-state index in [0.29, 0.717) is 29.8 Å². The minimum Gasteiger partial charge on any atom is -0.508 e. The summed E-state index contributed by atoms with van der Waals surface area (Å²) in [6.07, 6.45) is 0.389. The summed E-state index contributed by atoms with van der Waals surface area (Å²) in [5.41, 5.74) is 2.62. The van der Waals surface area contributed by atoms with Crippen molar-refractivity contribution in [3.05, 3.63) is 62.9 Å². The summed E-state index contributed by atoms with van der Waals surface area (Å²) in [5.74, 6) is 1.06. The minimum absolute atomic E-state index is 0.119. The number of hydrogen-bond acceptors (Lipinski definition) is 5. The molecule has 1 heterocycles. The third-order valence-electron chi connectivity index (χ3n) is 3.46. The molecule has 0 radical (unpaired) electrons. The van der Waals surface area contributed by atoms with Gasteiger partial charge in [0, 0.05) is 22.2 Å². The monoisotopic (exact) mass is 408 g/mol. The number of rotatable bonds is 5. The molecule has 0 aliphatic heterocycles. The Morgan fingerprint density at radius 3 is 2.75 bits per heavy atom. The molecule has 1 N–H and O–H groups in total. The average molecular weight is 410 g/mol. The summed E-state index contributed by atoms with van der Waals surface area (Å²) in [4.78, 5) is 4.45. The second kappa shape index (κ2) is 7.34. The molecule has 0 aliphatic rings. The minimum atomic E-state index is 0.119. The van der Waals surface area contributed by atoms with Crippen molar-refractivity contribution >= 4 is 27.5 Å². The number of phenolic OH excluding ortho intramolecular Hbond substituents is 1. The molecule has 3 rings (SSSR count). The third kappa shape index (κ3) is 3.77. The van der Waals surface area contributed by atoms with Gasteiger partial charge in [0.05, 0.1) is 13.0 Å². The van der Waals surface area contributed by atoms with Gasteiger partial charge in [0.25, 0.3) is 0 Å². The van der Waals surface area contributed by atoms with Crippen molar-refractivity contribution < 1.29 is 14.4 Å². The predicted molar refractivity (Wildman–Crippen MR) is 94.1 cm³/mol. The van der Waals surface area contributed by atoms with Crippen LogP contribution in [0.1, 0.15) is 17.0 Å². The molecule has 0 bridgehead atoms. The number of hydrogen-bond donors (Lipinski definition) is 1. The van der Waals surface area contributed by atoms with Crippen molar-refractivity contribution in [2.45, 2.75) is 13.0 Å². The maximum Gasteiger partial charge on any atom is 0.231 e. The normalized spacial score (nSPS) is 11.0. The molecule has 0 amide bonds. The Morgan fingerprint density at radius 2 is 2.00 bits per heavy atom. The molecule has 3 aromatic rings. The van der Waals surface area contributed by atoms with Crippen molar-refractivity contribution in [1.29, 1.82) is 0 Å². The Hall–Kier alpha value is -1.89. The lowest BCUT2D eigenvalue weighted by Gasteiger charge is -2.05. The van der Waals surface area contributed by atoms with Crippen molar-refractivity contribution in [3.8, 4) is 17.1 Å². The van der Waals surface area contributed by atoms with E-state index in [2.05, 4.69) is 26.1 Å². The molecular formula is C17H14BrClN2O3. The van der Waals surface area contributed by atoms with E-state index in [4.69, 9.17) is 20.9 Å². The van der Waals surface area contributed by atoms with Crippen LogP contribution in [0.4, 0.5) is 0 Å². The van der Waals surface area contributed by atoms with Gasteiger partial charge in [-0.15, -0.1) is 0 Å². The van der Waals surface area contributed by atoms with E-state index in [1.807, 2.05) is 18.2 Å². The van der Waals surface area contributed by atoms with Crippen LogP contribution in [0.25, 0.3) is 11.4 Å². The number of methoxy groups -OCH3 is 1. The number of aromatic nitrogens is 2. The van der Waals surface area contributed by atoms with Gasteiger partial charge in [0.2, 0.25) is 11.7 Å². The van der Waals surface area contributed by atoms with Crippen LogP contribution in [0.15, 0.2) is 45.4 Å². The summed E-state index contributed by atoms with van der Waals surface area (Å²) in [7, 11) is 1.64. The summed E-state index contributed by atoms with van der Waals surface area (Å²) in [5, 5.41) is 13.9. The second-order valence-electron chi connectivity index (χ2n) is 5.20. The first-order valence-electron chi connectivity index (χ1n) is 7.14. The van der Waals surface area contributed by atoms with E-state index in [9.17, 15) is 5.11 Å². The zero-order chi connectivity index (χ0) is 17.1. The fourth-order valence-electron chi connectivity index (χ4n) is 2.32. The van der Waals surface area contributed by atoms with Crippen molar-refractivity contribution in [2.75, 3.05) is 7.11 Å². The van der Waals surface area contributed by atoms with E-state index in [1.165, 1.54) is 6.07 Å². The molecule has 0 fully saturated rings. The number of nitrogens with zero attached hydrogens (tertiary/aromatic N) is 2. The lowest BCUT2D eigenvalue weighted by molar-refractivity contribution is 0.185. The quantitative estimate of drug-likeness (QED) is 0.667. The highest BCUT2D eigenvalue weighted by molar-refractivity contribution is 9.10. The first kappa shape index (κ1) is 17.0. The van der Waals surface area contributed by atoms with E-state index in [-0.39, 0.29) is 5.75 Å². The summed E-state index contributed by atoms with van der Waals surface area (Å²) in [6, 6.07) is 10.6. The van der Waals surface area contributed by atoms with Crippen molar-refractivity contribution in [2.24, 2.45) is 0 Å². The maximum absolute atomic E-state index is 9.41. The van der Waals surface area contributed by atoms with Gasteiger partial charge in [-0.05, 0) is 35.4 Å². The largest absolute Gasteiger partial charge is 0.508 e. The molecule has 0 saturated carbocycles. The molecule has 0 unspecified atom stereocenters. The van der Waals surface area contributed by atoms with E-state index in [1.54, 1.807) is 19.2 Å².